The van der Waals surface area contributed by atoms with E-state index in [0.717, 1.165) is 5.56 Å². The van der Waals surface area contributed by atoms with Gasteiger partial charge in [0.2, 0.25) is 11.8 Å². The summed E-state index contributed by atoms with van der Waals surface area (Å²) in [5, 5.41) is 8.91. The van der Waals surface area contributed by atoms with Crippen LogP contribution in [-0.2, 0) is 9.53 Å². The van der Waals surface area contributed by atoms with Crippen LogP contribution in [0.2, 0.25) is 0 Å². The Hall–Kier alpha value is -4.42. The van der Waals surface area contributed by atoms with Crippen molar-refractivity contribution in [2.45, 2.75) is 6.10 Å². The molecule has 1 amide bonds. The minimum Gasteiger partial charge on any atom is -0.474 e. The third kappa shape index (κ3) is 5.31. The average Bonchev–Trinajstić information content (AvgIpc) is 2.88. The number of anilines is 1. The average molecular weight is 457 g/mol. The highest BCUT2D eigenvalue weighted by atomic mass is 16.5. The van der Waals surface area contributed by atoms with Crippen molar-refractivity contribution in [3.63, 3.8) is 0 Å². The fourth-order valence-corrected chi connectivity index (χ4v) is 3.51. The Morgan fingerprint density at radius 1 is 1.21 bits per heavy atom. The molecule has 0 saturated carbocycles. The van der Waals surface area contributed by atoms with Gasteiger partial charge in [-0.3, -0.25) is 4.79 Å². The van der Waals surface area contributed by atoms with Crippen molar-refractivity contribution in [1.82, 2.24) is 14.9 Å². The zero-order chi connectivity index (χ0) is 23.9. The van der Waals surface area contributed by atoms with E-state index in [0.29, 0.717) is 48.2 Å². The lowest BCUT2D eigenvalue weighted by Gasteiger charge is -2.32. The molecule has 1 atom stereocenters. The predicted molar refractivity (Wildman–Crippen MR) is 125 cm³/mol. The summed E-state index contributed by atoms with van der Waals surface area (Å²) >= 11 is 0. The Labute approximate surface area is 197 Å². The highest BCUT2D eigenvalue weighted by Gasteiger charge is 2.24. The van der Waals surface area contributed by atoms with E-state index >= 15 is 0 Å². The second kappa shape index (κ2) is 10.5. The second-order valence-electron chi connectivity index (χ2n) is 7.49. The number of rotatable bonds is 7. The number of aromatic nitrogens is 2. The number of nitriles is 1. The van der Waals surface area contributed by atoms with Crippen LogP contribution in [0.4, 0.5) is 5.82 Å². The minimum absolute atomic E-state index is 0.136. The molecule has 1 unspecified atom stereocenters. The summed E-state index contributed by atoms with van der Waals surface area (Å²) < 4.78 is 17.5. The smallest absolute Gasteiger partial charge is 0.246 e. The molecule has 2 heterocycles. The number of carbonyl (C=O) groups is 1. The van der Waals surface area contributed by atoms with Crippen LogP contribution >= 0.6 is 0 Å². The van der Waals surface area contributed by atoms with Crippen molar-refractivity contribution < 1.29 is 19.0 Å². The molecule has 1 aliphatic rings. The number of carbonyl (C=O) groups excluding carboxylic acids is 1. The largest absolute Gasteiger partial charge is 0.474 e. The van der Waals surface area contributed by atoms with Gasteiger partial charge in [0, 0.05) is 6.54 Å². The summed E-state index contributed by atoms with van der Waals surface area (Å²) in [4.78, 5) is 21.9. The number of hydrogen-bond donors (Lipinski definition) is 1. The molecule has 2 N–H and O–H groups in total. The monoisotopic (exact) mass is 457 g/mol. The Morgan fingerprint density at radius 2 is 1.91 bits per heavy atom. The van der Waals surface area contributed by atoms with E-state index in [9.17, 15) is 4.79 Å². The quantitative estimate of drug-likeness (QED) is 0.537. The van der Waals surface area contributed by atoms with Crippen LogP contribution < -0.4 is 15.2 Å². The molecular formula is C25H23N5O4. The summed E-state index contributed by atoms with van der Waals surface area (Å²) in [5.74, 6) is 1.70. The van der Waals surface area contributed by atoms with E-state index < -0.39 is 0 Å². The maximum atomic E-state index is 11.9. The van der Waals surface area contributed by atoms with Crippen LogP contribution in [0.15, 0.2) is 67.5 Å². The lowest BCUT2D eigenvalue weighted by atomic mass is 10.1. The van der Waals surface area contributed by atoms with Crippen LogP contribution in [0.5, 0.6) is 17.4 Å². The Kier molecular flexibility index (Phi) is 7.01. The Morgan fingerprint density at radius 3 is 2.59 bits per heavy atom. The van der Waals surface area contributed by atoms with Crippen LogP contribution in [0, 0.1) is 11.3 Å². The van der Waals surface area contributed by atoms with E-state index in [1.165, 1.54) is 12.4 Å². The van der Waals surface area contributed by atoms with Crippen molar-refractivity contribution in [3.8, 4) is 34.6 Å². The molecular weight excluding hydrogens is 434 g/mol. The van der Waals surface area contributed by atoms with Gasteiger partial charge in [0.15, 0.2) is 0 Å². The number of nitrogens with two attached hydrogens (primary N) is 1. The molecule has 9 heteroatoms. The Bertz CT molecular complexity index is 1210. The van der Waals surface area contributed by atoms with Crippen molar-refractivity contribution in [1.29, 1.82) is 5.26 Å². The first-order valence-corrected chi connectivity index (χ1v) is 10.6. The highest BCUT2D eigenvalue weighted by molar-refractivity contribution is 5.87. The fraction of sp³-hybridized carbons (Fsp3) is 0.200. The Balaban J connectivity index is 1.46. The zero-order valence-electron chi connectivity index (χ0n) is 18.4. The molecule has 9 nitrogen and oxygen atoms in total. The van der Waals surface area contributed by atoms with E-state index in [2.05, 4.69) is 22.6 Å². The van der Waals surface area contributed by atoms with Gasteiger partial charge >= 0.3 is 0 Å². The molecule has 0 aliphatic carbocycles. The first-order valence-electron chi connectivity index (χ1n) is 10.6. The van der Waals surface area contributed by atoms with Gasteiger partial charge in [-0.15, -0.1) is 0 Å². The number of amides is 1. The molecule has 1 fully saturated rings. The number of hydrogen-bond acceptors (Lipinski definition) is 8. The first kappa shape index (κ1) is 22.8. The molecule has 1 aromatic heterocycles. The van der Waals surface area contributed by atoms with Gasteiger partial charge in [-0.1, -0.05) is 18.7 Å². The topological polar surface area (TPSA) is 124 Å². The van der Waals surface area contributed by atoms with Crippen LogP contribution in [0.25, 0.3) is 11.1 Å². The minimum atomic E-state index is -0.301. The van der Waals surface area contributed by atoms with Crippen LogP contribution in [0.1, 0.15) is 5.56 Å². The summed E-state index contributed by atoms with van der Waals surface area (Å²) in [7, 11) is 0. The van der Waals surface area contributed by atoms with Crippen molar-refractivity contribution in [3.05, 3.63) is 73.1 Å². The van der Waals surface area contributed by atoms with Gasteiger partial charge in [-0.05, 0) is 48.0 Å². The van der Waals surface area contributed by atoms with Gasteiger partial charge in [-0.2, -0.15) is 5.26 Å². The predicted octanol–water partition coefficient (Wildman–Crippen LogP) is 3.18. The van der Waals surface area contributed by atoms with E-state index in [1.807, 2.05) is 12.1 Å². The summed E-state index contributed by atoms with van der Waals surface area (Å²) in [6, 6.07) is 16.2. The second-order valence-corrected chi connectivity index (χ2v) is 7.49. The van der Waals surface area contributed by atoms with Crippen molar-refractivity contribution >= 4 is 11.7 Å². The number of morpholine rings is 1. The maximum absolute atomic E-state index is 11.9. The lowest BCUT2D eigenvalue weighted by molar-refractivity contribution is -0.134. The molecule has 2 aromatic carbocycles. The molecule has 34 heavy (non-hydrogen) atoms. The van der Waals surface area contributed by atoms with E-state index in [-0.39, 0.29) is 24.4 Å². The fourth-order valence-electron chi connectivity index (χ4n) is 3.51. The molecule has 0 spiro atoms. The van der Waals surface area contributed by atoms with Gasteiger partial charge < -0.3 is 24.8 Å². The lowest BCUT2D eigenvalue weighted by Crippen LogP contribution is -2.47. The van der Waals surface area contributed by atoms with Gasteiger partial charge in [-0.25, -0.2) is 9.97 Å². The summed E-state index contributed by atoms with van der Waals surface area (Å²) in [5.41, 5.74) is 8.03. The van der Waals surface area contributed by atoms with Gasteiger partial charge in [0.25, 0.3) is 0 Å². The molecule has 0 radical (unpaired) electrons. The van der Waals surface area contributed by atoms with Gasteiger partial charge in [0.05, 0.1) is 30.3 Å². The number of nitrogens with zero attached hydrogens (tertiary/aromatic N) is 4. The summed E-state index contributed by atoms with van der Waals surface area (Å²) in [6.07, 6.45) is 2.33. The highest BCUT2D eigenvalue weighted by Crippen LogP contribution is 2.34. The first-order chi connectivity index (χ1) is 16.6. The molecule has 172 valence electrons. The third-order valence-electron chi connectivity index (χ3n) is 5.23. The zero-order valence-corrected chi connectivity index (χ0v) is 18.4. The maximum Gasteiger partial charge on any atom is 0.246 e. The van der Waals surface area contributed by atoms with E-state index in [4.69, 9.17) is 25.2 Å². The normalized spacial score (nSPS) is 15.3. The number of nitrogen functional groups attached to an aromatic ring is 1. The molecule has 3 aromatic rings. The van der Waals surface area contributed by atoms with Crippen LogP contribution in [0.3, 0.4) is 0 Å². The molecule has 1 aliphatic heterocycles. The van der Waals surface area contributed by atoms with Crippen molar-refractivity contribution in [2.75, 3.05) is 32.0 Å². The molecule has 1 saturated heterocycles. The third-order valence-corrected chi connectivity index (χ3v) is 5.23. The number of ether oxygens (including phenoxy) is 3. The van der Waals surface area contributed by atoms with Crippen LogP contribution in [-0.4, -0.2) is 53.2 Å². The molecule has 0 bridgehead atoms. The van der Waals surface area contributed by atoms with E-state index in [1.54, 1.807) is 41.3 Å². The SMILES string of the molecule is C=CC(=O)N1CCOC(COc2ncnc(N)c2-c2ccc(Oc3ccc(C#N)cc3)cc2)C1. The number of benzene rings is 2. The molecule has 4 rings (SSSR count). The van der Waals surface area contributed by atoms with Crippen molar-refractivity contribution in [2.24, 2.45) is 0 Å². The standard InChI is InChI=1S/C25H23N5O4/c1-2-22(31)30-11-12-32-21(14-30)15-33-25-23(24(27)28-16-29-25)18-5-9-20(10-6-18)34-19-7-3-17(13-26)4-8-19/h2-10,16,21H,1,11-12,14-15H2,(H2,27,28,29). The summed E-state index contributed by atoms with van der Waals surface area (Å²) in [6.45, 7) is 5.08. The van der Waals surface area contributed by atoms with Gasteiger partial charge in [0.1, 0.15) is 36.4 Å².